The summed E-state index contributed by atoms with van der Waals surface area (Å²) in [7, 11) is 0. The van der Waals surface area contributed by atoms with E-state index >= 15 is 0 Å². The highest BCUT2D eigenvalue weighted by molar-refractivity contribution is 6.33. The largest absolute Gasteiger partial charge is 0.493 e. The molecule has 1 unspecified atom stereocenters. The summed E-state index contributed by atoms with van der Waals surface area (Å²) in [6, 6.07) is 8.62. The molecule has 0 aromatic heterocycles. The van der Waals surface area contributed by atoms with Gasteiger partial charge in [-0.2, -0.15) is 18.6 Å². The molecule has 0 amide bonds. The number of halogens is 4. The van der Waals surface area contributed by atoms with Crippen LogP contribution >= 0.6 is 11.6 Å². The number of guanidine groups is 1. The Bertz CT molecular complexity index is 977. The highest BCUT2D eigenvalue weighted by atomic mass is 35.5. The van der Waals surface area contributed by atoms with Gasteiger partial charge in [0.1, 0.15) is 5.75 Å². The minimum absolute atomic E-state index is 0.0191. The Morgan fingerprint density at radius 3 is 2.43 bits per heavy atom. The number of ether oxygens (including phenoxy) is 1. The number of hydrogen-bond acceptors (Lipinski definition) is 7. The summed E-state index contributed by atoms with van der Waals surface area (Å²) in [6.45, 7) is 2.36. The van der Waals surface area contributed by atoms with Crippen molar-refractivity contribution in [1.82, 2.24) is 16.2 Å². The van der Waals surface area contributed by atoms with Crippen molar-refractivity contribution in [2.75, 3.05) is 19.7 Å². The molecule has 0 spiro atoms. The van der Waals surface area contributed by atoms with Gasteiger partial charge in [-0.3, -0.25) is 11.2 Å². The molecule has 1 saturated heterocycles. The molecular weight excluding hydrogens is 421 g/mol. The lowest BCUT2D eigenvalue weighted by atomic mass is 9.95. The van der Waals surface area contributed by atoms with Crippen LogP contribution in [0.25, 0.3) is 11.1 Å². The molecule has 1 fully saturated rings. The van der Waals surface area contributed by atoms with E-state index in [2.05, 4.69) is 21.2 Å². The van der Waals surface area contributed by atoms with Gasteiger partial charge in [-0.05, 0) is 29.8 Å². The third kappa shape index (κ3) is 4.04. The Kier molecular flexibility index (Phi) is 5.27. The van der Waals surface area contributed by atoms with E-state index in [1.807, 2.05) is 0 Å². The highest BCUT2D eigenvalue weighted by Crippen LogP contribution is 2.43. The van der Waals surface area contributed by atoms with Crippen LogP contribution in [0, 0.1) is 5.92 Å². The molecule has 2 aliphatic rings. The molecule has 2 aliphatic heterocycles. The molecule has 7 N–H and O–H groups in total. The number of benzene rings is 2. The first kappa shape index (κ1) is 20.7. The van der Waals surface area contributed by atoms with E-state index in [0.717, 1.165) is 19.2 Å². The van der Waals surface area contributed by atoms with E-state index in [-0.39, 0.29) is 22.1 Å². The molecule has 2 heterocycles. The van der Waals surface area contributed by atoms with Crippen molar-refractivity contribution in [3.8, 4) is 16.9 Å². The quantitative estimate of drug-likeness (QED) is 0.487. The average Bonchev–Trinajstić information content (AvgIpc) is 3.00. The summed E-state index contributed by atoms with van der Waals surface area (Å²) in [5.41, 5.74) is 15.9. The molecule has 30 heavy (non-hydrogen) atoms. The van der Waals surface area contributed by atoms with Gasteiger partial charge in [0.2, 0.25) is 11.7 Å². The van der Waals surface area contributed by atoms with Crippen molar-refractivity contribution in [3.63, 3.8) is 0 Å². The van der Waals surface area contributed by atoms with Crippen LogP contribution in [0.2, 0.25) is 5.02 Å². The SMILES string of the molecule is NC1=NC(N)(c2cc(Cl)c(-c3ccc(OCC4CNC4)cc3)c(C(F)(F)F)c2)NN1. The maximum absolute atomic E-state index is 13.9. The predicted molar refractivity (Wildman–Crippen MR) is 108 cm³/mol. The number of nitrogens with zero attached hydrogens (tertiary/aromatic N) is 1. The second-order valence-corrected chi connectivity index (χ2v) is 7.66. The first-order valence-electron chi connectivity index (χ1n) is 9.18. The molecule has 0 saturated carbocycles. The van der Waals surface area contributed by atoms with Gasteiger partial charge in [0.05, 0.1) is 12.2 Å². The van der Waals surface area contributed by atoms with Gasteiger partial charge < -0.3 is 15.8 Å². The third-order valence-corrected chi connectivity index (χ3v) is 5.31. The number of hydrazine groups is 1. The van der Waals surface area contributed by atoms with Crippen molar-refractivity contribution < 1.29 is 17.9 Å². The maximum Gasteiger partial charge on any atom is 0.417 e. The summed E-state index contributed by atoms with van der Waals surface area (Å²) in [5.74, 6) is -0.679. The van der Waals surface area contributed by atoms with Crippen molar-refractivity contribution >= 4 is 17.6 Å². The number of aliphatic imine (C=N–C) groups is 1. The lowest BCUT2D eigenvalue weighted by Gasteiger charge is -2.26. The van der Waals surface area contributed by atoms with Crippen LogP contribution in [0.15, 0.2) is 41.4 Å². The summed E-state index contributed by atoms with van der Waals surface area (Å²) >= 11 is 6.30. The highest BCUT2D eigenvalue weighted by Gasteiger charge is 2.39. The van der Waals surface area contributed by atoms with Crippen molar-refractivity contribution in [1.29, 1.82) is 0 Å². The van der Waals surface area contributed by atoms with Gasteiger partial charge in [-0.1, -0.05) is 23.7 Å². The van der Waals surface area contributed by atoms with Crippen LogP contribution in [0.1, 0.15) is 11.1 Å². The molecule has 4 rings (SSSR count). The van der Waals surface area contributed by atoms with Crippen LogP contribution in [0.3, 0.4) is 0 Å². The third-order valence-electron chi connectivity index (χ3n) is 5.01. The molecule has 7 nitrogen and oxygen atoms in total. The fourth-order valence-electron chi connectivity index (χ4n) is 3.28. The van der Waals surface area contributed by atoms with E-state index in [0.29, 0.717) is 23.8 Å². The zero-order valence-electron chi connectivity index (χ0n) is 15.7. The number of nitrogens with one attached hydrogen (secondary N) is 3. The van der Waals surface area contributed by atoms with Gasteiger partial charge in [-0.25, -0.2) is 4.99 Å². The average molecular weight is 441 g/mol. The maximum atomic E-state index is 13.9. The summed E-state index contributed by atoms with van der Waals surface area (Å²) in [5, 5.41) is 3.04. The van der Waals surface area contributed by atoms with Gasteiger partial charge in [-0.15, -0.1) is 0 Å². The van der Waals surface area contributed by atoms with Crippen LogP contribution in [-0.2, 0) is 12.0 Å². The molecular formula is C19H20ClF3N6O. The first-order chi connectivity index (χ1) is 14.2. The summed E-state index contributed by atoms with van der Waals surface area (Å²) < 4.78 is 47.4. The van der Waals surface area contributed by atoms with Crippen LogP contribution in [0.4, 0.5) is 13.2 Å². The normalized spacial score (nSPS) is 21.7. The van der Waals surface area contributed by atoms with E-state index in [4.69, 9.17) is 27.8 Å². The van der Waals surface area contributed by atoms with E-state index in [1.54, 1.807) is 24.3 Å². The van der Waals surface area contributed by atoms with E-state index in [1.165, 1.54) is 6.07 Å². The summed E-state index contributed by atoms with van der Waals surface area (Å²) in [6.07, 6.45) is -4.67. The van der Waals surface area contributed by atoms with Crippen LogP contribution in [-0.4, -0.2) is 25.7 Å². The standard InChI is InChI=1S/C19H20ClF3N6O/c20-15-6-12(19(25)27-17(24)28-29-19)5-14(18(21,22)23)16(15)11-1-3-13(4-2-11)30-9-10-7-26-8-10/h1-6,10,26,29H,7-9,25H2,(H3,24,27,28). The topological polar surface area (TPSA) is 110 Å². The first-order valence-corrected chi connectivity index (χ1v) is 9.56. The molecule has 0 bridgehead atoms. The molecule has 1 atom stereocenters. The summed E-state index contributed by atoms with van der Waals surface area (Å²) in [4.78, 5) is 3.92. The second kappa shape index (κ2) is 7.62. The Morgan fingerprint density at radius 2 is 1.90 bits per heavy atom. The molecule has 0 radical (unpaired) electrons. The van der Waals surface area contributed by atoms with E-state index in [9.17, 15) is 13.2 Å². The lowest BCUT2D eigenvalue weighted by molar-refractivity contribution is -0.137. The number of hydrogen-bond donors (Lipinski definition) is 5. The van der Waals surface area contributed by atoms with E-state index < -0.39 is 17.5 Å². The van der Waals surface area contributed by atoms with Gasteiger partial charge in [0.25, 0.3) is 0 Å². The van der Waals surface area contributed by atoms with Crippen molar-refractivity contribution in [2.24, 2.45) is 22.4 Å². The van der Waals surface area contributed by atoms with Gasteiger partial charge in [0, 0.05) is 35.2 Å². The second-order valence-electron chi connectivity index (χ2n) is 7.25. The monoisotopic (exact) mass is 440 g/mol. The van der Waals surface area contributed by atoms with Crippen molar-refractivity contribution in [2.45, 2.75) is 12.0 Å². The molecule has 11 heteroatoms. The minimum Gasteiger partial charge on any atom is -0.493 e. The molecule has 0 aliphatic carbocycles. The molecule has 2 aromatic rings. The zero-order chi connectivity index (χ0) is 21.5. The van der Waals surface area contributed by atoms with Gasteiger partial charge in [0.15, 0.2) is 0 Å². The lowest BCUT2D eigenvalue weighted by Crippen LogP contribution is -2.50. The predicted octanol–water partition coefficient (Wildman–Crippen LogP) is 2.12. The Morgan fingerprint density at radius 1 is 1.20 bits per heavy atom. The van der Waals surface area contributed by atoms with Crippen molar-refractivity contribution in [3.05, 3.63) is 52.5 Å². The van der Waals surface area contributed by atoms with Crippen LogP contribution < -0.4 is 32.4 Å². The fourth-order valence-corrected chi connectivity index (χ4v) is 3.61. The van der Waals surface area contributed by atoms with Gasteiger partial charge >= 0.3 is 6.18 Å². The zero-order valence-corrected chi connectivity index (χ0v) is 16.4. The number of rotatable bonds is 5. The van der Waals surface area contributed by atoms with Crippen LogP contribution in [0.5, 0.6) is 5.75 Å². The molecule has 2 aromatic carbocycles. The smallest absolute Gasteiger partial charge is 0.417 e. The Balaban J connectivity index is 1.68. The number of alkyl halides is 3. The molecule has 160 valence electrons. The Labute approximate surface area is 175 Å². The Hall–Kier alpha value is -2.53. The minimum atomic E-state index is -4.67. The fraction of sp³-hybridized carbons (Fsp3) is 0.316. The number of nitrogens with two attached hydrogens (primary N) is 2.